The van der Waals surface area contributed by atoms with Crippen molar-refractivity contribution in [3.63, 3.8) is 0 Å². The Labute approximate surface area is 138 Å². The summed E-state index contributed by atoms with van der Waals surface area (Å²) in [7, 11) is 0. The Morgan fingerprint density at radius 1 is 1.13 bits per heavy atom. The molecule has 0 amide bonds. The molecule has 1 aromatic heterocycles. The van der Waals surface area contributed by atoms with Crippen molar-refractivity contribution in [2.75, 3.05) is 0 Å². The maximum absolute atomic E-state index is 12.5. The van der Waals surface area contributed by atoms with Crippen molar-refractivity contribution in [1.82, 2.24) is 4.98 Å². The van der Waals surface area contributed by atoms with Gasteiger partial charge in [-0.3, -0.25) is 0 Å². The summed E-state index contributed by atoms with van der Waals surface area (Å²) in [6, 6.07) is 8.25. The summed E-state index contributed by atoms with van der Waals surface area (Å²) in [4.78, 5) is 9.25. The van der Waals surface area contributed by atoms with Crippen LogP contribution in [0.5, 0.6) is 5.75 Å². The fourth-order valence-electron chi connectivity index (χ4n) is 2.04. The number of pyridine rings is 1. The van der Waals surface area contributed by atoms with E-state index >= 15 is 0 Å². The molecule has 0 N–H and O–H groups in total. The van der Waals surface area contributed by atoms with Gasteiger partial charge in [-0.1, -0.05) is 17.3 Å². The highest BCUT2D eigenvalue weighted by atomic mass is 79.9. The fourth-order valence-corrected chi connectivity index (χ4v) is 2.27. The summed E-state index contributed by atoms with van der Waals surface area (Å²) >= 11 is 3.22. The molecule has 0 bridgehead atoms. The Bertz CT molecular complexity index is 715. The Morgan fingerprint density at radius 3 is 2.48 bits per heavy atom. The van der Waals surface area contributed by atoms with Crippen LogP contribution in [0.2, 0.25) is 0 Å². The fraction of sp³-hybridized carbons (Fsp3) is 0.200. The van der Waals surface area contributed by atoms with Crippen molar-refractivity contribution in [2.24, 2.45) is 5.16 Å². The Balaban J connectivity index is 1.63. The summed E-state index contributed by atoms with van der Waals surface area (Å²) in [6.45, 7) is 0. The number of rotatable bonds is 2. The van der Waals surface area contributed by atoms with Crippen LogP contribution in [0.15, 0.2) is 52.4 Å². The van der Waals surface area contributed by atoms with Crippen LogP contribution in [0.1, 0.15) is 23.7 Å². The summed E-state index contributed by atoms with van der Waals surface area (Å²) < 4.78 is 43.8. The van der Waals surface area contributed by atoms with Crippen LogP contribution in [0, 0.1) is 0 Å². The van der Waals surface area contributed by atoms with E-state index in [1.54, 1.807) is 12.1 Å². The van der Waals surface area contributed by atoms with E-state index in [4.69, 9.17) is 9.57 Å². The molecule has 23 heavy (non-hydrogen) atoms. The Hall–Kier alpha value is -2.09. The van der Waals surface area contributed by atoms with Gasteiger partial charge in [0.15, 0.2) is 6.10 Å². The van der Waals surface area contributed by atoms with Crippen molar-refractivity contribution < 1.29 is 22.7 Å². The molecule has 0 saturated heterocycles. The number of halogens is 4. The van der Waals surface area contributed by atoms with Gasteiger partial charge in [0.25, 0.3) is 0 Å². The smallest absolute Gasteiger partial charge is 0.416 e. The molecule has 8 heteroatoms. The third-order valence-corrected chi connectivity index (χ3v) is 3.66. The summed E-state index contributed by atoms with van der Waals surface area (Å²) in [5.41, 5.74) is -0.0909. The molecular formula is C15H10BrF3N2O2. The maximum Gasteiger partial charge on any atom is 0.416 e. The predicted molar refractivity (Wildman–Crippen MR) is 79.9 cm³/mol. The molecule has 2 heterocycles. The number of hydrogen-bond acceptors (Lipinski definition) is 4. The zero-order chi connectivity index (χ0) is 16.4. The number of oxime groups is 1. The average Bonchev–Trinajstić information content (AvgIpc) is 2.97. The topological polar surface area (TPSA) is 43.7 Å². The number of nitrogens with zero attached hydrogens (tertiary/aromatic N) is 2. The lowest BCUT2D eigenvalue weighted by molar-refractivity contribution is -0.137. The molecule has 1 aliphatic rings. The molecule has 3 rings (SSSR count). The third kappa shape index (κ3) is 3.82. The van der Waals surface area contributed by atoms with Crippen LogP contribution >= 0.6 is 15.9 Å². The number of aromatic nitrogens is 1. The van der Waals surface area contributed by atoms with E-state index in [9.17, 15) is 13.2 Å². The van der Waals surface area contributed by atoms with Crippen LogP contribution in [-0.4, -0.2) is 10.9 Å². The van der Waals surface area contributed by atoms with Gasteiger partial charge in [0.1, 0.15) is 10.4 Å². The molecule has 0 radical (unpaired) electrons. The van der Waals surface area contributed by atoms with Crippen molar-refractivity contribution in [2.45, 2.75) is 18.7 Å². The zero-order valence-electron chi connectivity index (χ0n) is 11.5. The normalized spacial score (nSPS) is 17.6. The van der Waals surface area contributed by atoms with Crippen LogP contribution < -0.4 is 4.74 Å². The van der Waals surface area contributed by atoms with E-state index in [1.165, 1.54) is 18.3 Å². The molecule has 1 aromatic carbocycles. The molecular weight excluding hydrogens is 377 g/mol. The number of alkyl halides is 3. The number of hydrogen-bond donors (Lipinski definition) is 0. The van der Waals surface area contributed by atoms with Crippen LogP contribution in [0.4, 0.5) is 13.2 Å². The molecule has 2 aromatic rings. The lowest BCUT2D eigenvalue weighted by Crippen LogP contribution is -2.08. The van der Waals surface area contributed by atoms with Gasteiger partial charge in [-0.2, -0.15) is 13.2 Å². The molecule has 0 spiro atoms. The Kier molecular flexibility index (Phi) is 4.25. The monoisotopic (exact) mass is 386 g/mol. The van der Waals surface area contributed by atoms with Crippen LogP contribution in [-0.2, 0) is 11.0 Å². The van der Waals surface area contributed by atoms with E-state index < -0.39 is 17.8 Å². The molecule has 1 atom stereocenters. The second-order valence-corrected chi connectivity index (χ2v) is 5.63. The summed E-state index contributed by atoms with van der Waals surface area (Å²) in [6.07, 6.45) is -2.95. The largest absolute Gasteiger partial charge is 0.438 e. The lowest BCUT2D eigenvalue weighted by Gasteiger charge is -2.10. The van der Waals surface area contributed by atoms with E-state index in [0.29, 0.717) is 28.2 Å². The van der Waals surface area contributed by atoms with Gasteiger partial charge in [-0.25, -0.2) is 4.98 Å². The molecule has 0 saturated carbocycles. The van der Waals surface area contributed by atoms with Crippen molar-refractivity contribution >= 4 is 21.8 Å². The van der Waals surface area contributed by atoms with Gasteiger partial charge in [0.2, 0.25) is 5.90 Å². The zero-order valence-corrected chi connectivity index (χ0v) is 13.1. The quantitative estimate of drug-likeness (QED) is 0.701. The van der Waals surface area contributed by atoms with E-state index in [-0.39, 0.29) is 0 Å². The van der Waals surface area contributed by atoms with E-state index in [0.717, 1.165) is 12.1 Å². The van der Waals surface area contributed by atoms with Crippen molar-refractivity contribution in [3.8, 4) is 5.75 Å². The molecule has 120 valence electrons. The summed E-state index contributed by atoms with van der Waals surface area (Å²) in [5, 5.41) is 3.82. The molecule has 1 unspecified atom stereocenters. The highest BCUT2D eigenvalue weighted by Gasteiger charge is 2.31. The van der Waals surface area contributed by atoms with Gasteiger partial charge in [-0.15, -0.1) is 0 Å². The first-order valence-corrected chi connectivity index (χ1v) is 7.40. The summed E-state index contributed by atoms with van der Waals surface area (Å²) in [5.74, 6) is 0.850. The SMILES string of the molecule is FC(F)(F)c1ccc(C2CC(Oc3ccc(Br)nc3)=NO2)cc1. The first-order chi connectivity index (χ1) is 10.9. The number of benzene rings is 1. The first-order valence-electron chi connectivity index (χ1n) is 6.61. The second-order valence-electron chi connectivity index (χ2n) is 4.82. The lowest BCUT2D eigenvalue weighted by atomic mass is 10.0. The van der Waals surface area contributed by atoms with E-state index in [2.05, 4.69) is 26.1 Å². The van der Waals surface area contributed by atoms with E-state index in [1.807, 2.05) is 0 Å². The van der Waals surface area contributed by atoms with Gasteiger partial charge in [0, 0.05) is 0 Å². The molecule has 0 aliphatic carbocycles. The van der Waals surface area contributed by atoms with Gasteiger partial charge in [0.05, 0.1) is 18.2 Å². The maximum atomic E-state index is 12.5. The minimum absolute atomic E-state index is 0.335. The van der Waals surface area contributed by atoms with Crippen LogP contribution in [0.25, 0.3) is 0 Å². The average molecular weight is 387 g/mol. The predicted octanol–water partition coefficient (Wildman–Crippen LogP) is 4.72. The molecule has 0 fully saturated rings. The molecule has 1 aliphatic heterocycles. The standard InChI is InChI=1S/C15H10BrF3N2O2/c16-13-6-5-11(8-20-13)22-14-7-12(23-21-14)9-1-3-10(4-2-9)15(17,18)19/h1-6,8,12H,7H2. The first kappa shape index (κ1) is 15.8. The van der Waals surface area contributed by atoms with Crippen LogP contribution in [0.3, 0.4) is 0 Å². The third-order valence-electron chi connectivity index (χ3n) is 3.19. The highest BCUT2D eigenvalue weighted by molar-refractivity contribution is 9.10. The van der Waals surface area contributed by atoms with Gasteiger partial charge >= 0.3 is 6.18 Å². The van der Waals surface area contributed by atoms with Gasteiger partial charge < -0.3 is 9.57 Å². The minimum Gasteiger partial charge on any atom is -0.438 e. The Morgan fingerprint density at radius 2 is 1.87 bits per heavy atom. The van der Waals surface area contributed by atoms with Crippen molar-refractivity contribution in [3.05, 3.63) is 58.3 Å². The minimum atomic E-state index is -4.35. The molecule has 4 nitrogen and oxygen atoms in total. The van der Waals surface area contributed by atoms with Crippen molar-refractivity contribution in [1.29, 1.82) is 0 Å². The number of ether oxygens (including phenoxy) is 1. The van der Waals surface area contributed by atoms with Gasteiger partial charge in [-0.05, 0) is 45.8 Å². The second kappa shape index (κ2) is 6.19. The highest BCUT2D eigenvalue weighted by Crippen LogP contribution is 2.32.